The van der Waals surface area contributed by atoms with E-state index in [1.807, 2.05) is 0 Å². The van der Waals surface area contributed by atoms with E-state index < -0.39 is 0 Å². The largest absolute Gasteiger partial charge is 0.393 e. The molecule has 5 N–H and O–H groups in total. The highest BCUT2D eigenvalue weighted by Gasteiger charge is 2.62. The van der Waals surface area contributed by atoms with Crippen LogP contribution in [0.3, 0.4) is 0 Å². The van der Waals surface area contributed by atoms with Gasteiger partial charge in [-0.2, -0.15) is 0 Å². The number of fused-ring (bicyclic) bond motifs is 5. The Morgan fingerprint density at radius 3 is 2.23 bits per heavy atom. The van der Waals surface area contributed by atoms with Crippen LogP contribution in [-0.2, 0) is 0 Å². The lowest BCUT2D eigenvalue weighted by Gasteiger charge is -2.62. The highest BCUT2D eigenvalue weighted by Crippen LogP contribution is 2.68. The number of hydrogen-bond acceptors (Lipinski definition) is 4. The van der Waals surface area contributed by atoms with E-state index in [1.165, 1.54) is 83.5 Å². The minimum Gasteiger partial charge on any atom is -0.393 e. The van der Waals surface area contributed by atoms with Crippen LogP contribution in [0.5, 0.6) is 0 Å². The average molecular weight is 546 g/mol. The first-order valence-electron chi connectivity index (χ1n) is 17.5. The minimum absolute atomic E-state index is 0.0724. The van der Waals surface area contributed by atoms with Gasteiger partial charge < -0.3 is 21.5 Å². The van der Waals surface area contributed by atoms with E-state index in [0.717, 1.165) is 68.6 Å². The molecule has 0 heterocycles. The zero-order valence-corrected chi connectivity index (χ0v) is 26.7. The van der Waals surface area contributed by atoms with Gasteiger partial charge in [-0.25, -0.2) is 0 Å². The second-order valence-corrected chi connectivity index (χ2v) is 15.7. The summed E-state index contributed by atoms with van der Waals surface area (Å²) in [7, 11) is 0. The molecule has 4 nitrogen and oxygen atoms in total. The molecule has 228 valence electrons. The Bertz CT molecular complexity index is 729. The zero-order chi connectivity index (χ0) is 28.0. The molecule has 4 aliphatic carbocycles. The van der Waals surface area contributed by atoms with Crippen LogP contribution < -0.4 is 16.4 Å². The van der Waals surface area contributed by atoms with Gasteiger partial charge in [-0.05, 0) is 155 Å². The lowest BCUT2D eigenvalue weighted by Crippen LogP contribution is -2.59. The molecule has 0 amide bonds. The van der Waals surface area contributed by atoms with Crippen molar-refractivity contribution < 1.29 is 5.11 Å². The highest BCUT2D eigenvalue weighted by molar-refractivity contribution is 5.12. The molecule has 0 aromatic heterocycles. The lowest BCUT2D eigenvalue weighted by molar-refractivity contribution is -0.167. The van der Waals surface area contributed by atoms with Crippen LogP contribution in [0.25, 0.3) is 0 Å². The Labute approximate surface area is 242 Å². The van der Waals surface area contributed by atoms with Gasteiger partial charge in [0.15, 0.2) is 0 Å². The molecule has 4 aliphatic rings. The van der Waals surface area contributed by atoms with E-state index in [4.69, 9.17) is 5.73 Å². The topological polar surface area (TPSA) is 70.3 Å². The molecule has 0 spiro atoms. The van der Waals surface area contributed by atoms with Gasteiger partial charge in [-0.1, -0.05) is 53.9 Å². The smallest absolute Gasteiger partial charge is 0.0577 e. The normalized spacial score (nSPS) is 40.8. The van der Waals surface area contributed by atoms with Crippen LogP contribution in [0.15, 0.2) is 0 Å². The summed E-state index contributed by atoms with van der Waals surface area (Å²) in [5.74, 6) is 5.28. The van der Waals surface area contributed by atoms with Crippen molar-refractivity contribution in [2.24, 2.45) is 58.0 Å². The average Bonchev–Trinajstić information content (AvgIpc) is 3.25. The maximum Gasteiger partial charge on any atom is 0.0577 e. The maximum atomic E-state index is 11.7. The maximum absolute atomic E-state index is 11.7. The van der Waals surface area contributed by atoms with Gasteiger partial charge >= 0.3 is 0 Å². The second-order valence-electron chi connectivity index (χ2n) is 15.7. The summed E-state index contributed by atoms with van der Waals surface area (Å²) in [6.07, 6.45) is 19.6. The summed E-state index contributed by atoms with van der Waals surface area (Å²) in [5.41, 5.74) is 6.48. The molecule has 4 saturated carbocycles. The highest BCUT2D eigenvalue weighted by atomic mass is 16.3. The van der Waals surface area contributed by atoms with Crippen molar-refractivity contribution in [1.82, 2.24) is 10.6 Å². The second kappa shape index (κ2) is 14.3. The molecule has 4 heteroatoms. The van der Waals surface area contributed by atoms with Crippen LogP contribution in [0, 0.1) is 52.3 Å². The van der Waals surface area contributed by atoms with Gasteiger partial charge in [-0.15, -0.1) is 0 Å². The SMILES string of the molecule is CC(C)CCC[C@@H](C)[C@H]1CCC2C3C(CC[C@@]21C)[C@@]1(C)CC[C@H](NCCCCNCCCCN)C[C@H]1C[C@H]3O. The third-order valence-electron chi connectivity index (χ3n) is 12.9. The predicted octanol–water partition coefficient (Wildman–Crippen LogP) is 7.15. The van der Waals surface area contributed by atoms with Crippen LogP contribution >= 0.6 is 0 Å². The van der Waals surface area contributed by atoms with E-state index in [1.54, 1.807) is 0 Å². The predicted molar refractivity (Wildman–Crippen MR) is 167 cm³/mol. The molecule has 0 aliphatic heterocycles. The van der Waals surface area contributed by atoms with Crippen LogP contribution in [0.1, 0.15) is 131 Å². The number of aliphatic hydroxyl groups excluding tert-OH is 1. The molecule has 0 bridgehead atoms. The third kappa shape index (κ3) is 7.26. The van der Waals surface area contributed by atoms with Gasteiger partial charge in [-0.3, -0.25) is 0 Å². The van der Waals surface area contributed by atoms with Crippen molar-refractivity contribution in [2.45, 2.75) is 143 Å². The van der Waals surface area contributed by atoms with E-state index in [-0.39, 0.29) is 6.10 Å². The monoisotopic (exact) mass is 546 g/mol. The van der Waals surface area contributed by atoms with Gasteiger partial charge in [0.05, 0.1) is 6.10 Å². The third-order valence-corrected chi connectivity index (χ3v) is 12.9. The Morgan fingerprint density at radius 1 is 0.795 bits per heavy atom. The van der Waals surface area contributed by atoms with E-state index in [2.05, 4.69) is 45.3 Å². The number of rotatable bonds is 15. The molecule has 0 aromatic rings. The van der Waals surface area contributed by atoms with Crippen molar-refractivity contribution in [2.75, 3.05) is 26.2 Å². The van der Waals surface area contributed by atoms with Crippen LogP contribution in [-0.4, -0.2) is 43.4 Å². The Hall–Kier alpha value is -0.160. The number of nitrogens with two attached hydrogens (primary N) is 1. The molecule has 39 heavy (non-hydrogen) atoms. The standard InChI is InChI=1S/C35H67N3O/c1-25(2)11-10-12-26(3)29-13-14-30-33-31(16-18-35(29,30)5)34(4)17-15-28(23-27(34)24-32(33)39)38-22-9-8-21-37-20-7-6-19-36/h25-33,37-39H,6-24,36H2,1-5H3/t26-,27+,28+,29-,30?,31?,32-,33?,34+,35-/m1/s1. The fraction of sp³-hybridized carbons (Fsp3) is 1.00. The first kappa shape index (κ1) is 31.8. The molecule has 4 fully saturated rings. The van der Waals surface area contributed by atoms with Gasteiger partial charge in [0.25, 0.3) is 0 Å². The first-order chi connectivity index (χ1) is 18.7. The summed E-state index contributed by atoms with van der Waals surface area (Å²) >= 11 is 0. The van der Waals surface area contributed by atoms with Crippen molar-refractivity contribution in [3.05, 3.63) is 0 Å². The molecule has 0 radical (unpaired) electrons. The number of hydrogen-bond donors (Lipinski definition) is 4. The molecule has 4 rings (SSSR count). The van der Waals surface area contributed by atoms with Crippen molar-refractivity contribution in [1.29, 1.82) is 0 Å². The first-order valence-corrected chi connectivity index (χ1v) is 17.5. The number of aliphatic hydroxyl groups is 1. The fourth-order valence-corrected chi connectivity index (χ4v) is 10.6. The van der Waals surface area contributed by atoms with Gasteiger partial charge in [0, 0.05) is 6.04 Å². The summed E-state index contributed by atoms with van der Waals surface area (Å²) in [6, 6.07) is 0.653. The van der Waals surface area contributed by atoms with Gasteiger partial charge in [0.2, 0.25) is 0 Å². The quantitative estimate of drug-likeness (QED) is 0.165. The Kier molecular flexibility index (Phi) is 11.7. The minimum atomic E-state index is -0.0724. The molecule has 10 atom stereocenters. The molecule has 3 unspecified atom stereocenters. The van der Waals surface area contributed by atoms with Crippen molar-refractivity contribution >= 4 is 0 Å². The van der Waals surface area contributed by atoms with E-state index in [9.17, 15) is 5.11 Å². The molecule has 0 aromatic carbocycles. The number of unbranched alkanes of at least 4 members (excludes halogenated alkanes) is 2. The fourth-order valence-electron chi connectivity index (χ4n) is 10.6. The van der Waals surface area contributed by atoms with Gasteiger partial charge in [0.1, 0.15) is 0 Å². The summed E-state index contributed by atoms with van der Waals surface area (Å²) in [6.45, 7) is 16.8. The van der Waals surface area contributed by atoms with Crippen molar-refractivity contribution in [3.63, 3.8) is 0 Å². The summed E-state index contributed by atoms with van der Waals surface area (Å²) < 4.78 is 0. The number of nitrogens with one attached hydrogen (secondary N) is 2. The Balaban J connectivity index is 1.27. The van der Waals surface area contributed by atoms with Crippen molar-refractivity contribution in [3.8, 4) is 0 Å². The van der Waals surface area contributed by atoms with Crippen LogP contribution in [0.2, 0.25) is 0 Å². The molecule has 0 saturated heterocycles. The molecular formula is C35H67N3O. The molecular weight excluding hydrogens is 478 g/mol. The van der Waals surface area contributed by atoms with E-state index >= 15 is 0 Å². The Morgan fingerprint density at radius 2 is 1.49 bits per heavy atom. The zero-order valence-electron chi connectivity index (χ0n) is 26.7. The summed E-state index contributed by atoms with van der Waals surface area (Å²) in [4.78, 5) is 0. The van der Waals surface area contributed by atoms with E-state index in [0.29, 0.717) is 28.7 Å². The summed E-state index contributed by atoms with van der Waals surface area (Å²) in [5, 5.41) is 19.2. The lowest BCUT2D eigenvalue weighted by atomic mass is 9.43. The van der Waals surface area contributed by atoms with Crippen LogP contribution in [0.4, 0.5) is 0 Å².